The summed E-state index contributed by atoms with van der Waals surface area (Å²) in [6.45, 7) is 1.62. The van der Waals surface area contributed by atoms with Gasteiger partial charge in [-0.15, -0.1) is 0 Å². The minimum atomic E-state index is -0.640. The van der Waals surface area contributed by atoms with Crippen molar-refractivity contribution in [2.75, 3.05) is 25.0 Å². The zero-order chi connectivity index (χ0) is 14.7. The predicted octanol–water partition coefficient (Wildman–Crippen LogP) is 0.882. The van der Waals surface area contributed by atoms with Crippen molar-refractivity contribution >= 4 is 17.3 Å². The van der Waals surface area contributed by atoms with Crippen molar-refractivity contribution in [1.29, 1.82) is 0 Å². The maximum Gasteiger partial charge on any atom is 0.270 e. The molecular formula is C13H18N4O3. The van der Waals surface area contributed by atoms with Gasteiger partial charge in [-0.3, -0.25) is 14.9 Å². The molecule has 1 aliphatic heterocycles. The highest BCUT2D eigenvalue weighted by Gasteiger charge is 2.27. The standard InChI is InChI=1S/C13H18N4O3/c1-15-8-10-3-2-6-16(10)12-5-4-9(17(19)20)7-11(12)13(14)18/h4-5,7,10,15H,2-3,6,8H2,1H3,(H2,14,18). The number of amides is 1. The second-order valence-corrected chi connectivity index (χ2v) is 4.87. The van der Waals surface area contributed by atoms with Gasteiger partial charge in [-0.25, -0.2) is 0 Å². The molecule has 0 spiro atoms. The molecule has 1 aromatic carbocycles. The number of carbonyl (C=O) groups excluding carboxylic acids is 1. The van der Waals surface area contributed by atoms with Gasteiger partial charge in [-0.2, -0.15) is 0 Å². The molecule has 3 N–H and O–H groups in total. The third kappa shape index (κ3) is 2.72. The zero-order valence-corrected chi connectivity index (χ0v) is 11.3. The first kappa shape index (κ1) is 14.3. The number of likely N-dealkylation sites (N-methyl/N-ethyl adjacent to an activating group) is 1. The Kier molecular flexibility index (Phi) is 4.19. The number of hydrogen-bond acceptors (Lipinski definition) is 5. The average Bonchev–Trinajstić information content (AvgIpc) is 2.86. The molecule has 7 heteroatoms. The molecule has 1 unspecified atom stereocenters. The fourth-order valence-corrected chi connectivity index (χ4v) is 2.69. The number of carbonyl (C=O) groups is 1. The molecule has 2 rings (SSSR count). The monoisotopic (exact) mass is 278 g/mol. The number of anilines is 1. The molecule has 1 aromatic rings. The number of nitrogens with two attached hydrogens (primary N) is 1. The summed E-state index contributed by atoms with van der Waals surface area (Å²) in [5.41, 5.74) is 6.14. The Labute approximate surface area is 116 Å². The minimum Gasteiger partial charge on any atom is -0.367 e. The summed E-state index contributed by atoms with van der Waals surface area (Å²) in [6.07, 6.45) is 2.05. The van der Waals surface area contributed by atoms with Crippen molar-refractivity contribution in [1.82, 2.24) is 5.32 Å². The van der Waals surface area contributed by atoms with E-state index in [1.165, 1.54) is 12.1 Å². The number of hydrogen-bond donors (Lipinski definition) is 2. The van der Waals surface area contributed by atoms with Gasteiger partial charge in [-0.1, -0.05) is 0 Å². The van der Waals surface area contributed by atoms with Crippen LogP contribution in [0.3, 0.4) is 0 Å². The highest BCUT2D eigenvalue weighted by molar-refractivity contribution is 5.99. The topological polar surface area (TPSA) is 102 Å². The smallest absolute Gasteiger partial charge is 0.270 e. The quantitative estimate of drug-likeness (QED) is 0.615. The summed E-state index contributed by atoms with van der Waals surface area (Å²) in [5.74, 6) is -0.640. The second-order valence-electron chi connectivity index (χ2n) is 4.87. The van der Waals surface area contributed by atoms with Gasteiger partial charge in [0.15, 0.2) is 0 Å². The Bertz CT molecular complexity index is 532. The Morgan fingerprint density at radius 2 is 2.35 bits per heavy atom. The van der Waals surface area contributed by atoms with E-state index in [1.807, 2.05) is 7.05 Å². The molecule has 0 aromatic heterocycles. The summed E-state index contributed by atoms with van der Waals surface area (Å²) in [4.78, 5) is 24.0. The van der Waals surface area contributed by atoms with E-state index in [-0.39, 0.29) is 17.3 Å². The van der Waals surface area contributed by atoms with E-state index < -0.39 is 10.8 Å². The van der Waals surface area contributed by atoms with Crippen molar-refractivity contribution in [2.24, 2.45) is 5.73 Å². The molecule has 7 nitrogen and oxygen atoms in total. The Balaban J connectivity index is 2.40. The number of non-ortho nitro benzene ring substituents is 1. The zero-order valence-electron chi connectivity index (χ0n) is 11.3. The average molecular weight is 278 g/mol. The maximum absolute atomic E-state index is 11.6. The molecule has 0 bridgehead atoms. The lowest BCUT2D eigenvalue weighted by Crippen LogP contribution is -2.37. The van der Waals surface area contributed by atoms with E-state index in [1.54, 1.807) is 6.07 Å². The van der Waals surface area contributed by atoms with Crippen LogP contribution in [0.2, 0.25) is 0 Å². The SMILES string of the molecule is CNCC1CCCN1c1ccc([N+](=O)[O-])cc1C(N)=O. The highest BCUT2D eigenvalue weighted by Crippen LogP contribution is 2.30. The molecule has 20 heavy (non-hydrogen) atoms. The molecule has 1 amide bonds. The van der Waals surface area contributed by atoms with Crippen LogP contribution in [0.4, 0.5) is 11.4 Å². The first-order valence-electron chi connectivity index (χ1n) is 6.54. The van der Waals surface area contributed by atoms with Crippen molar-refractivity contribution in [2.45, 2.75) is 18.9 Å². The van der Waals surface area contributed by atoms with Crippen LogP contribution in [0.25, 0.3) is 0 Å². The van der Waals surface area contributed by atoms with Gasteiger partial charge >= 0.3 is 0 Å². The first-order chi connectivity index (χ1) is 9.54. The second kappa shape index (κ2) is 5.87. The van der Waals surface area contributed by atoms with Gasteiger partial charge in [0.2, 0.25) is 0 Å². The van der Waals surface area contributed by atoms with Crippen LogP contribution in [0.1, 0.15) is 23.2 Å². The van der Waals surface area contributed by atoms with Gasteiger partial charge in [0.25, 0.3) is 11.6 Å². The molecule has 1 heterocycles. The van der Waals surface area contributed by atoms with Crippen molar-refractivity contribution in [3.63, 3.8) is 0 Å². The number of nitrogens with one attached hydrogen (secondary N) is 1. The Morgan fingerprint density at radius 3 is 2.95 bits per heavy atom. The van der Waals surface area contributed by atoms with Gasteiger partial charge in [0.05, 0.1) is 16.2 Å². The largest absolute Gasteiger partial charge is 0.367 e. The molecule has 108 valence electrons. The lowest BCUT2D eigenvalue weighted by molar-refractivity contribution is -0.384. The van der Waals surface area contributed by atoms with Crippen LogP contribution in [0.15, 0.2) is 18.2 Å². The summed E-state index contributed by atoms with van der Waals surface area (Å²) in [6, 6.07) is 4.56. The van der Waals surface area contributed by atoms with Crippen molar-refractivity contribution in [3.05, 3.63) is 33.9 Å². The normalized spacial score (nSPS) is 18.2. The van der Waals surface area contributed by atoms with E-state index >= 15 is 0 Å². The molecular weight excluding hydrogens is 260 g/mol. The molecule has 1 fully saturated rings. The Morgan fingerprint density at radius 1 is 1.60 bits per heavy atom. The first-order valence-corrected chi connectivity index (χ1v) is 6.54. The van der Waals surface area contributed by atoms with E-state index in [9.17, 15) is 14.9 Å². The summed E-state index contributed by atoms with van der Waals surface area (Å²) in [5, 5.41) is 13.9. The fraction of sp³-hybridized carbons (Fsp3) is 0.462. The maximum atomic E-state index is 11.6. The summed E-state index contributed by atoms with van der Waals surface area (Å²) < 4.78 is 0. The predicted molar refractivity (Wildman–Crippen MR) is 75.9 cm³/mol. The van der Waals surface area contributed by atoms with Crippen LogP contribution in [-0.2, 0) is 0 Å². The number of benzene rings is 1. The summed E-state index contributed by atoms with van der Waals surface area (Å²) >= 11 is 0. The molecule has 1 saturated heterocycles. The number of nitrogens with zero attached hydrogens (tertiary/aromatic N) is 2. The number of primary amides is 1. The number of rotatable bonds is 5. The van der Waals surface area contributed by atoms with Gasteiger partial charge < -0.3 is 16.0 Å². The van der Waals surface area contributed by atoms with Gasteiger partial charge in [-0.05, 0) is 26.0 Å². The van der Waals surface area contributed by atoms with Crippen LogP contribution >= 0.6 is 0 Å². The van der Waals surface area contributed by atoms with Crippen molar-refractivity contribution in [3.8, 4) is 0 Å². The molecule has 0 radical (unpaired) electrons. The van der Waals surface area contributed by atoms with Crippen LogP contribution in [0, 0.1) is 10.1 Å². The molecule has 1 atom stereocenters. The van der Waals surface area contributed by atoms with Gasteiger partial charge in [0.1, 0.15) is 0 Å². The van der Waals surface area contributed by atoms with E-state index in [0.29, 0.717) is 5.69 Å². The summed E-state index contributed by atoms with van der Waals surface area (Å²) in [7, 11) is 1.88. The van der Waals surface area contributed by atoms with E-state index in [0.717, 1.165) is 25.9 Å². The minimum absolute atomic E-state index is 0.119. The highest BCUT2D eigenvalue weighted by atomic mass is 16.6. The number of nitro groups is 1. The third-order valence-corrected chi connectivity index (χ3v) is 3.58. The fourth-order valence-electron chi connectivity index (χ4n) is 2.69. The van der Waals surface area contributed by atoms with Crippen LogP contribution < -0.4 is 16.0 Å². The van der Waals surface area contributed by atoms with E-state index in [2.05, 4.69) is 10.2 Å². The van der Waals surface area contributed by atoms with Crippen molar-refractivity contribution < 1.29 is 9.72 Å². The molecule has 0 aliphatic carbocycles. The molecule has 0 saturated carbocycles. The Hall–Kier alpha value is -2.15. The number of nitro benzene ring substituents is 1. The molecule has 1 aliphatic rings. The van der Waals surface area contributed by atoms with Crippen LogP contribution in [0.5, 0.6) is 0 Å². The third-order valence-electron chi connectivity index (χ3n) is 3.58. The lowest BCUT2D eigenvalue weighted by atomic mass is 10.1. The lowest BCUT2D eigenvalue weighted by Gasteiger charge is -2.28. The van der Waals surface area contributed by atoms with Gasteiger partial charge in [0, 0.05) is 31.3 Å². The van der Waals surface area contributed by atoms with Crippen LogP contribution in [-0.4, -0.2) is 37.0 Å². The van der Waals surface area contributed by atoms with E-state index in [4.69, 9.17) is 5.73 Å².